The molecule has 0 bridgehead atoms. The average Bonchev–Trinajstić information content (AvgIpc) is 3.63. The summed E-state index contributed by atoms with van der Waals surface area (Å²) < 4.78 is 0. The normalized spacial score (nSPS) is 18.4. The molecule has 1 aliphatic heterocycles. The predicted molar refractivity (Wildman–Crippen MR) is 211 cm³/mol. The highest BCUT2D eigenvalue weighted by Crippen LogP contribution is 2.30. The summed E-state index contributed by atoms with van der Waals surface area (Å²) in [7, 11) is 1.96. The molecule has 296 valence electrons. The van der Waals surface area contributed by atoms with Gasteiger partial charge in [0.25, 0.3) is 5.91 Å². The zero-order valence-corrected chi connectivity index (χ0v) is 34.0. The maximum Gasteiger partial charge on any atom is 0.306 e. The minimum atomic E-state index is -1.06. The van der Waals surface area contributed by atoms with Crippen LogP contribution in [-0.4, -0.2) is 103 Å². The number of aliphatic carboxylic acids is 1. The number of carboxylic acid groups (broad SMARTS) is 1. The van der Waals surface area contributed by atoms with Gasteiger partial charge < -0.3 is 30.9 Å². The van der Waals surface area contributed by atoms with Crippen molar-refractivity contribution in [2.24, 2.45) is 17.8 Å². The van der Waals surface area contributed by atoms with E-state index >= 15 is 0 Å². The van der Waals surface area contributed by atoms with Crippen LogP contribution < -0.4 is 10.6 Å². The number of piperidine rings is 1. The van der Waals surface area contributed by atoms with Crippen LogP contribution in [0.4, 0.5) is 0 Å². The molecule has 1 unspecified atom stereocenters. The molecule has 1 aromatic heterocycles. The number of hydrogen-bond donors (Lipinski definition) is 5. The molecule has 0 aliphatic carbocycles. The SMILES string of the molecule is CCCSCN(C(=O)[C@@H](NC(=O)[C@H]1CCCCN1C)C(C)CC)[C@H](C[C@@H](O)c1nc(C(=O)N[C@@H](Cc2ccc(O)cc2)C[C@H](C)C(=O)O)cs1)C(C)C. The number of benzene rings is 1. The molecule has 1 aliphatic rings. The lowest BCUT2D eigenvalue weighted by molar-refractivity contribution is -0.142. The van der Waals surface area contributed by atoms with Gasteiger partial charge in [-0.2, -0.15) is 0 Å². The van der Waals surface area contributed by atoms with Crippen molar-refractivity contribution in [1.29, 1.82) is 0 Å². The number of carboxylic acids is 1. The Morgan fingerprint density at radius 2 is 1.75 bits per heavy atom. The number of carbonyl (C=O) groups excluding carboxylic acids is 3. The number of aliphatic hydroxyl groups is 1. The lowest BCUT2D eigenvalue weighted by atomic mass is 9.92. The predicted octanol–water partition coefficient (Wildman–Crippen LogP) is 5.69. The van der Waals surface area contributed by atoms with Gasteiger partial charge in [-0.15, -0.1) is 23.1 Å². The third-order valence-corrected chi connectivity index (χ3v) is 12.3. The van der Waals surface area contributed by atoms with E-state index in [1.165, 1.54) is 0 Å². The highest BCUT2D eigenvalue weighted by molar-refractivity contribution is 7.99. The molecule has 1 aromatic carbocycles. The summed E-state index contributed by atoms with van der Waals surface area (Å²) in [6.07, 6.45) is 4.10. The number of phenolic OH excluding ortho intramolecular Hbond substituents is 1. The van der Waals surface area contributed by atoms with Gasteiger partial charge in [0.15, 0.2) is 0 Å². The van der Waals surface area contributed by atoms with Crippen LogP contribution in [0.5, 0.6) is 5.75 Å². The zero-order chi connectivity index (χ0) is 39.2. The van der Waals surface area contributed by atoms with E-state index in [1.54, 1.807) is 48.3 Å². The highest BCUT2D eigenvalue weighted by atomic mass is 32.2. The molecule has 2 aromatic rings. The van der Waals surface area contributed by atoms with E-state index < -0.39 is 36.0 Å². The number of aromatic hydroxyl groups is 1. The second-order valence-corrected chi connectivity index (χ2v) is 16.8. The number of aromatic nitrogens is 1. The second kappa shape index (κ2) is 21.6. The number of rotatable bonds is 21. The summed E-state index contributed by atoms with van der Waals surface area (Å²) in [5.41, 5.74) is 0.940. The van der Waals surface area contributed by atoms with E-state index in [-0.39, 0.29) is 60.0 Å². The van der Waals surface area contributed by atoms with E-state index in [0.717, 1.165) is 54.9 Å². The van der Waals surface area contributed by atoms with Crippen molar-refractivity contribution in [2.45, 2.75) is 123 Å². The molecule has 1 fully saturated rings. The molecule has 1 saturated heterocycles. The number of likely N-dealkylation sites (tertiary alicyclic amines) is 1. The molecule has 5 N–H and O–H groups in total. The lowest BCUT2D eigenvalue weighted by Gasteiger charge is -2.39. The van der Waals surface area contributed by atoms with Crippen LogP contribution in [0.3, 0.4) is 0 Å². The summed E-state index contributed by atoms with van der Waals surface area (Å²) in [4.78, 5) is 61.6. The van der Waals surface area contributed by atoms with E-state index in [9.17, 15) is 34.5 Å². The number of thiazole rings is 1. The van der Waals surface area contributed by atoms with Gasteiger partial charge in [0, 0.05) is 23.9 Å². The Kier molecular flexibility index (Phi) is 18.0. The van der Waals surface area contributed by atoms with Gasteiger partial charge in [-0.1, -0.05) is 66.5 Å². The minimum Gasteiger partial charge on any atom is -0.508 e. The Bertz CT molecular complexity index is 1470. The van der Waals surface area contributed by atoms with Gasteiger partial charge in [-0.05, 0) is 81.0 Å². The van der Waals surface area contributed by atoms with Crippen molar-refractivity contribution in [3.8, 4) is 5.75 Å². The van der Waals surface area contributed by atoms with Crippen LogP contribution in [0, 0.1) is 17.8 Å². The van der Waals surface area contributed by atoms with Crippen molar-refractivity contribution in [3.05, 3.63) is 45.9 Å². The highest BCUT2D eigenvalue weighted by Gasteiger charge is 2.38. The first-order valence-corrected chi connectivity index (χ1v) is 21.0. The topological polar surface area (TPSA) is 172 Å². The Morgan fingerprint density at radius 3 is 2.36 bits per heavy atom. The number of aliphatic hydroxyl groups excluding tert-OH is 1. The fraction of sp³-hybridized carbons (Fsp3) is 0.667. The smallest absolute Gasteiger partial charge is 0.306 e. The molecule has 3 amide bonds. The number of nitrogens with zero attached hydrogens (tertiary/aromatic N) is 3. The van der Waals surface area contributed by atoms with E-state index in [1.807, 2.05) is 39.6 Å². The molecule has 0 saturated carbocycles. The summed E-state index contributed by atoms with van der Waals surface area (Å²) in [6.45, 7) is 12.6. The van der Waals surface area contributed by atoms with Crippen molar-refractivity contribution in [2.75, 3.05) is 25.2 Å². The largest absolute Gasteiger partial charge is 0.508 e. The number of amides is 3. The Balaban J connectivity index is 1.81. The van der Waals surface area contributed by atoms with Crippen LogP contribution in [-0.2, 0) is 20.8 Å². The summed E-state index contributed by atoms with van der Waals surface area (Å²) in [5, 5.41) is 38.8. The molecule has 2 heterocycles. The molecule has 12 nitrogen and oxygen atoms in total. The Hall–Kier alpha value is -3.20. The number of hydrogen-bond acceptors (Lipinski definition) is 10. The molecule has 7 atom stereocenters. The first-order valence-electron chi connectivity index (χ1n) is 19.0. The van der Waals surface area contributed by atoms with Crippen molar-refractivity contribution in [3.63, 3.8) is 0 Å². The minimum absolute atomic E-state index is 0.0341. The van der Waals surface area contributed by atoms with Gasteiger partial charge in [0.05, 0.1) is 17.8 Å². The molecule has 14 heteroatoms. The zero-order valence-electron chi connectivity index (χ0n) is 32.4. The van der Waals surface area contributed by atoms with Crippen LogP contribution in [0.2, 0.25) is 0 Å². The maximum atomic E-state index is 14.6. The molecular formula is C39H61N5O7S2. The molecular weight excluding hydrogens is 715 g/mol. The van der Waals surface area contributed by atoms with Crippen molar-refractivity contribution < 1.29 is 34.5 Å². The number of nitrogens with one attached hydrogen (secondary N) is 2. The molecule has 0 radical (unpaired) electrons. The first-order chi connectivity index (χ1) is 25.2. The van der Waals surface area contributed by atoms with E-state index in [4.69, 9.17) is 0 Å². The Morgan fingerprint density at radius 1 is 1.06 bits per heavy atom. The maximum absolute atomic E-state index is 14.6. The van der Waals surface area contributed by atoms with Gasteiger partial charge in [0.1, 0.15) is 28.6 Å². The van der Waals surface area contributed by atoms with Crippen molar-refractivity contribution >= 4 is 46.8 Å². The lowest BCUT2D eigenvalue weighted by Crippen LogP contribution is -2.58. The van der Waals surface area contributed by atoms with Gasteiger partial charge >= 0.3 is 5.97 Å². The van der Waals surface area contributed by atoms with Crippen LogP contribution in [0.25, 0.3) is 0 Å². The first kappa shape index (κ1) is 44.2. The monoisotopic (exact) mass is 775 g/mol. The van der Waals surface area contributed by atoms with Gasteiger partial charge in [-0.25, -0.2) is 4.98 Å². The molecule has 3 rings (SSSR count). The third-order valence-electron chi connectivity index (χ3n) is 10.2. The number of phenols is 1. The third kappa shape index (κ3) is 13.3. The van der Waals surface area contributed by atoms with Gasteiger partial charge in [-0.3, -0.25) is 24.1 Å². The quantitative estimate of drug-likeness (QED) is 0.0784. The number of likely N-dealkylation sites (N-methyl/N-ethyl adjacent to an activating group) is 1. The van der Waals surface area contributed by atoms with Crippen LogP contribution >= 0.6 is 23.1 Å². The summed E-state index contributed by atoms with van der Waals surface area (Å²) >= 11 is 2.81. The summed E-state index contributed by atoms with van der Waals surface area (Å²) in [5.74, 6) is -1.19. The van der Waals surface area contributed by atoms with Crippen LogP contribution in [0.1, 0.15) is 114 Å². The Labute approximate surface area is 323 Å². The fourth-order valence-corrected chi connectivity index (χ4v) is 8.41. The van der Waals surface area contributed by atoms with E-state index in [0.29, 0.717) is 23.7 Å². The average molecular weight is 776 g/mol. The summed E-state index contributed by atoms with van der Waals surface area (Å²) in [6, 6.07) is 4.66. The standard InChI is InChI=1S/C39H61N5O7S2/c1-8-18-52-23-44(38(49)34(25(5)9-2)42-36(48)31-12-10-11-17-43(31)7)32(24(3)4)21-33(46)37-41-30(22-53-37)35(47)40-28(19-26(6)39(50)51)20-27-13-15-29(45)16-14-27/h13-16,22,24-26,28,31-34,45-46H,8-12,17-21,23H2,1-7H3,(H,40,47)(H,42,48)(H,50,51)/t25?,26-,28+,31+,32+,33+,34-/m0/s1. The van der Waals surface area contributed by atoms with Crippen LogP contribution in [0.15, 0.2) is 29.6 Å². The van der Waals surface area contributed by atoms with E-state index in [2.05, 4.69) is 27.4 Å². The molecule has 53 heavy (non-hydrogen) atoms. The second-order valence-electron chi connectivity index (χ2n) is 14.9. The number of carbonyl (C=O) groups is 4. The molecule has 0 spiro atoms. The van der Waals surface area contributed by atoms with Gasteiger partial charge in [0.2, 0.25) is 11.8 Å². The fourth-order valence-electron chi connectivity index (χ4n) is 6.68. The number of thioether (sulfide) groups is 1. The van der Waals surface area contributed by atoms with Crippen molar-refractivity contribution in [1.82, 2.24) is 25.4 Å².